The minimum absolute atomic E-state index is 0.181. The molecule has 0 atom stereocenters. The summed E-state index contributed by atoms with van der Waals surface area (Å²) in [5.74, 6) is -0.181. The standard InChI is InChI=1S/C14H12BrClN2O/c1-2-9-5-3-4-6-11(9)14(19)18-12-7-10(15)8-17-13(12)16/h3-8H,2H2,1H3,(H,18,19). The molecule has 3 nitrogen and oxygen atoms in total. The maximum Gasteiger partial charge on any atom is 0.256 e. The van der Waals surface area contributed by atoms with Crippen LogP contribution in [0.3, 0.4) is 0 Å². The van der Waals surface area contributed by atoms with E-state index in [0.29, 0.717) is 11.3 Å². The predicted molar refractivity (Wildman–Crippen MR) is 80.7 cm³/mol. The molecule has 0 aliphatic rings. The van der Waals surface area contributed by atoms with Crippen LogP contribution in [0.5, 0.6) is 0 Å². The summed E-state index contributed by atoms with van der Waals surface area (Å²) in [6.45, 7) is 2.01. The highest BCUT2D eigenvalue weighted by molar-refractivity contribution is 9.10. The van der Waals surface area contributed by atoms with Gasteiger partial charge in [-0.3, -0.25) is 4.79 Å². The van der Waals surface area contributed by atoms with Gasteiger partial charge in [-0.25, -0.2) is 4.98 Å². The number of aryl methyl sites for hydroxylation is 1. The zero-order valence-electron chi connectivity index (χ0n) is 10.3. The average Bonchev–Trinajstić information content (AvgIpc) is 2.42. The highest BCUT2D eigenvalue weighted by Crippen LogP contribution is 2.24. The number of nitrogens with zero attached hydrogens (tertiary/aromatic N) is 1. The van der Waals surface area contributed by atoms with Gasteiger partial charge in [0, 0.05) is 16.2 Å². The number of pyridine rings is 1. The van der Waals surface area contributed by atoms with E-state index < -0.39 is 0 Å². The first-order chi connectivity index (χ1) is 9.11. The molecule has 2 aromatic rings. The summed E-state index contributed by atoms with van der Waals surface area (Å²) in [5.41, 5.74) is 2.15. The zero-order chi connectivity index (χ0) is 13.8. The van der Waals surface area contributed by atoms with Crippen molar-refractivity contribution in [2.75, 3.05) is 5.32 Å². The van der Waals surface area contributed by atoms with E-state index in [1.807, 2.05) is 25.1 Å². The van der Waals surface area contributed by atoms with Gasteiger partial charge in [0.2, 0.25) is 0 Å². The third-order valence-corrected chi connectivity index (χ3v) is 3.43. The molecule has 5 heteroatoms. The number of anilines is 1. The minimum atomic E-state index is -0.181. The van der Waals surface area contributed by atoms with Crippen LogP contribution in [0.2, 0.25) is 5.15 Å². The zero-order valence-corrected chi connectivity index (χ0v) is 12.6. The lowest BCUT2D eigenvalue weighted by atomic mass is 10.0. The number of carbonyl (C=O) groups excluding carboxylic acids is 1. The fourth-order valence-corrected chi connectivity index (χ4v) is 2.23. The molecular formula is C14H12BrClN2O. The molecule has 1 amide bonds. The van der Waals surface area contributed by atoms with Crippen LogP contribution < -0.4 is 5.32 Å². The van der Waals surface area contributed by atoms with E-state index in [1.54, 1.807) is 18.3 Å². The number of amides is 1. The Morgan fingerprint density at radius 2 is 2.16 bits per heavy atom. The van der Waals surface area contributed by atoms with Gasteiger partial charge in [0.15, 0.2) is 5.15 Å². The lowest BCUT2D eigenvalue weighted by molar-refractivity contribution is 0.102. The lowest BCUT2D eigenvalue weighted by Gasteiger charge is -2.10. The largest absolute Gasteiger partial charge is 0.319 e. The molecule has 2 rings (SSSR count). The SMILES string of the molecule is CCc1ccccc1C(=O)Nc1cc(Br)cnc1Cl. The first-order valence-corrected chi connectivity index (χ1v) is 6.99. The maximum atomic E-state index is 12.2. The first kappa shape index (κ1) is 14.0. The Kier molecular flexibility index (Phi) is 4.56. The third-order valence-electron chi connectivity index (χ3n) is 2.70. The second kappa shape index (κ2) is 6.17. The number of hydrogen-bond donors (Lipinski definition) is 1. The van der Waals surface area contributed by atoms with E-state index in [9.17, 15) is 4.79 Å². The maximum absolute atomic E-state index is 12.2. The fourth-order valence-electron chi connectivity index (χ4n) is 1.75. The number of nitrogens with one attached hydrogen (secondary N) is 1. The molecule has 19 heavy (non-hydrogen) atoms. The Balaban J connectivity index is 2.28. The summed E-state index contributed by atoms with van der Waals surface area (Å²) < 4.78 is 0.760. The highest BCUT2D eigenvalue weighted by atomic mass is 79.9. The lowest BCUT2D eigenvalue weighted by Crippen LogP contribution is -2.14. The van der Waals surface area contributed by atoms with Crippen molar-refractivity contribution in [3.63, 3.8) is 0 Å². The van der Waals surface area contributed by atoms with E-state index in [1.165, 1.54) is 0 Å². The predicted octanol–water partition coefficient (Wildman–Crippen LogP) is 4.31. The van der Waals surface area contributed by atoms with E-state index in [0.717, 1.165) is 16.5 Å². The van der Waals surface area contributed by atoms with Gasteiger partial charge in [-0.1, -0.05) is 36.7 Å². The summed E-state index contributed by atoms with van der Waals surface area (Å²) in [6, 6.07) is 9.23. The number of carbonyl (C=O) groups is 1. The number of aromatic nitrogens is 1. The van der Waals surface area contributed by atoms with Gasteiger partial charge in [0.1, 0.15) is 0 Å². The molecule has 0 radical (unpaired) electrons. The van der Waals surface area contributed by atoms with Crippen molar-refractivity contribution in [3.8, 4) is 0 Å². The van der Waals surface area contributed by atoms with Crippen molar-refractivity contribution in [1.29, 1.82) is 0 Å². The molecule has 0 aliphatic carbocycles. The van der Waals surface area contributed by atoms with Crippen LogP contribution in [0.25, 0.3) is 0 Å². The van der Waals surface area contributed by atoms with Crippen LogP contribution in [0.4, 0.5) is 5.69 Å². The number of rotatable bonds is 3. The van der Waals surface area contributed by atoms with Crippen molar-refractivity contribution in [2.24, 2.45) is 0 Å². The molecule has 0 unspecified atom stereocenters. The molecule has 1 aromatic heterocycles. The number of hydrogen-bond acceptors (Lipinski definition) is 2. The van der Waals surface area contributed by atoms with Gasteiger partial charge < -0.3 is 5.32 Å². The quantitative estimate of drug-likeness (QED) is 0.847. The third kappa shape index (κ3) is 3.33. The van der Waals surface area contributed by atoms with Gasteiger partial charge in [0.25, 0.3) is 5.91 Å². The average molecular weight is 340 g/mol. The van der Waals surface area contributed by atoms with Crippen molar-refractivity contribution >= 4 is 39.1 Å². The Bertz CT molecular complexity index is 616. The van der Waals surface area contributed by atoms with Gasteiger partial charge in [0.05, 0.1) is 5.69 Å². The monoisotopic (exact) mass is 338 g/mol. The molecule has 1 N–H and O–H groups in total. The van der Waals surface area contributed by atoms with Crippen LogP contribution in [-0.2, 0) is 6.42 Å². The Morgan fingerprint density at radius 1 is 1.42 bits per heavy atom. The molecule has 0 saturated carbocycles. The Labute approximate surface area is 125 Å². The second-order valence-corrected chi connectivity index (χ2v) is 5.23. The van der Waals surface area contributed by atoms with Gasteiger partial charge >= 0.3 is 0 Å². The molecule has 1 aromatic carbocycles. The molecular weight excluding hydrogens is 328 g/mol. The van der Waals surface area contributed by atoms with Crippen LogP contribution in [0.1, 0.15) is 22.8 Å². The van der Waals surface area contributed by atoms with Crippen molar-refractivity contribution < 1.29 is 4.79 Å². The summed E-state index contributed by atoms with van der Waals surface area (Å²) >= 11 is 9.25. The molecule has 0 fully saturated rings. The van der Waals surface area contributed by atoms with E-state index >= 15 is 0 Å². The molecule has 1 heterocycles. The van der Waals surface area contributed by atoms with Gasteiger partial charge in [-0.2, -0.15) is 0 Å². The van der Waals surface area contributed by atoms with Crippen molar-refractivity contribution in [1.82, 2.24) is 4.98 Å². The summed E-state index contributed by atoms with van der Waals surface area (Å²) in [4.78, 5) is 16.2. The van der Waals surface area contributed by atoms with E-state index in [4.69, 9.17) is 11.6 Å². The fraction of sp³-hybridized carbons (Fsp3) is 0.143. The second-order valence-electron chi connectivity index (χ2n) is 3.96. The van der Waals surface area contributed by atoms with Crippen LogP contribution in [-0.4, -0.2) is 10.9 Å². The normalized spacial score (nSPS) is 10.3. The first-order valence-electron chi connectivity index (χ1n) is 5.82. The summed E-state index contributed by atoms with van der Waals surface area (Å²) in [6.07, 6.45) is 2.38. The van der Waals surface area contributed by atoms with Crippen LogP contribution in [0.15, 0.2) is 41.0 Å². The number of halogens is 2. The molecule has 98 valence electrons. The van der Waals surface area contributed by atoms with Crippen molar-refractivity contribution in [2.45, 2.75) is 13.3 Å². The van der Waals surface area contributed by atoms with E-state index in [2.05, 4.69) is 26.2 Å². The minimum Gasteiger partial charge on any atom is -0.319 e. The van der Waals surface area contributed by atoms with Gasteiger partial charge in [-0.15, -0.1) is 0 Å². The number of benzene rings is 1. The Hall–Kier alpha value is -1.39. The summed E-state index contributed by atoms with van der Waals surface area (Å²) in [5, 5.41) is 3.05. The van der Waals surface area contributed by atoms with Crippen molar-refractivity contribution in [3.05, 3.63) is 57.3 Å². The smallest absolute Gasteiger partial charge is 0.256 e. The molecule has 0 saturated heterocycles. The Morgan fingerprint density at radius 3 is 2.89 bits per heavy atom. The van der Waals surface area contributed by atoms with Crippen LogP contribution in [0, 0.1) is 0 Å². The molecule has 0 spiro atoms. The highest BCUT2D eigenvalue weighted by Gasteiger charge is 2.12. The van der Waals surface area contributed by atoms with Gasteiger partial charge in [-0.05, 0) is 40.0 Å². The van der Waals surface area contributed by atoms with Crippen LogP contribution >= 0.6 is 27.5 Å². The topological polar surface area (TPSA) is 42.0 Å². The molecule has 0 bridgehead atoms. The van der Waals surface area contributed by atoms with E-state index in [-0.39, 0.29) is 11.1 Å². The molecule has 0 aliphatic heterocycles. The summed E-state index contributed by atoms with van der Waals surface area (Å²) in [7, 11) is 0.